The molecular weight excluding hydrogens is 343 g/mol. The second-order valence-corrected chi connectivity index (χ2v) is 7.33. The fraction of sp³-hybridized carbons (Fsp3) is 0.455. The van der Waals surface area contributed by atoms with Gasteiger partial charge in [-0.3, -0.25) is 4.90 Å². The topological polar surface area (TPSA) is 37.6 Å². The van der Waals surface area contributed by atoms with E-state index in [0.29, 0.717) is 32.2 Å². The minimum Gasteiger partial charge on any atom is -0.389 e. The zero-order valence-electron chi connectivity index (χ0n) is 16.4. The number of hydrogen-bond donors (Lipinski definition) is 1. The van der Waals surface area contributed by atoms with Gasteiger partial charge in [0, 0.05) is 38.1 Å². The number of ether oxygens (including phenoxy) is 1. The lowest BCUT2D eigenvalue weighted by Crippen LogP contribution is -2.37. The molecule has 1 aromatic carbocycles. The largest absolute Gasteiger partial charge is 0.389 e. The Kier molecular flexibility index (Phi) is 8.72. The van der Waals surface area contributed by atoms with Crippen molar-refractivity contribution in [3.63, 3.8) is 0 Å². The van der Waals surface area contributed by atoms with Gasteiger partial charge >= 0.3 is 0 Å². The van der Waals surface area contributed by atoms with E-state index < -0.39 is 6.10 Å². The quantitative estimate of drug-likeness (QED) is 0.455. The molecule has 5 heteroatoms. The first kappa shape index (κ1) is 21.4. The molecule has 4 nitrogen and oxygen atoms in total. The van der Waals surface area contributed by atoms with Crippen molar-refractivity contribution in [2.24, 2.45) is 5.92 Å². The van der Waals surface area contributed by atoms with E-state index in [9.17, 15) is 9.50 Å². The van der Waals surface area contributed by atoms with Crippen LogP contribution in [-0.2, 0) is 17.8 Å². The van der Waals surface area contributed by atoms with Gasteiger partial charge in [0.05, 0.1) is 19.3 Å². The van der Waals surface area contributed by atoms with Gasteiger partial charge in [0.1, 0.15) is 5.82 Å². The van der Waals surface area contributed by atoms with Crippen molar-refractivity contribution in [2.75, 3.05) is 26.3 Å². The third kappa shape index (κ3) is 7.67. The Balaban J connectivity index is 2.02. The van der Waals surface area contributed by atoms with E-state index in [1.165, 1.54) is 6.07 Å². The molecule has 0 saturated carbocycles. The zero-order valence-corrected chi connectivity index (χ0v) is 16.4. The van der Waals surface area contributed by atoms with Crippen LogP contribution in [0.25, 0.3) is 0 Å². The molecule has 1 aromatic heterocycles. The van der Waals surface area contributed by atoms with Gasteiger partial charge in [-0.2, -0.15) is 0 Å². The molecular formula is C22H31FN2O2. The lowest BCUT2D eigenvalue weighted by atomic mass is 10.2. The van der Waals surface area contributed by atoms with E-state index >= 15 is 0 Å². The van der Waals surface area contributed by atoms with Crippen molar-refractivity contribution in [3.05, 3.63) is 72.3 Å². The summed E-state index contributed by atoms with van der Waals surface area (Å²) in [5.74, 6) is 0.267. The van der Waals surface area contributed by atoms with Gasteiger partial charge in [-0.05, 0) is 35.7 Å². The number of nitrogens with zero attached hydrogens (tertiary/aromatic N) is 2. The van der Waals surface area contributed by atoms with Crippen LogP contribution in [0.5, 0.6) is 0 Å². The number of benzene rings is 1. The monoisotopic (exact) mass is 374 g/mol. The molecule has 0 aliphatic heterocycles. The maximum absolute atomic E-state index is 13.5. The van der Waals surface area contributed by atoms with Crippen molar-refractivity contribution in [2.45, 2.75) is 33.0 Å². The Bertz CT molecular complexity index is 699. The minimum atomic E-state index is -0.546. The number of aliphatic hydroxyl groups is 1. The fourth-order valence-corrected chi connectivity index (χ4v) is 3.17. The van der Waals surface area contributed by atoms with Crippen LogP contribution < -0.4 is 0 Å². The molecule has 1 N–H and O–H groups in total. The summed E-state index contributed by atoms with van der Waals surface area (Å²) in [7, 11) is 0. The summed E-state index contributed by atoms with van der Waals surface area (Å²) in [5.41, 5.74) is 2.07. The van der Waals surface area contributed by atoms with E-state index in [1.807, 2.05) is 18.3 Å². The third-order valence-corrected chi connectivity index (χ3v) is 4.19. The normalized spacial score (nSPS) is 12.7. The Morgan fingerprint density at radius 2 is 2.07 bits per heavy atom. The van der Waals surface area contributed by atoms with Crippen molar-refractivity contribution in [3.8, 4) is 0 Å². The molecule has 1 atom stereocenters. The van der Waals surface area contributed by atoms with Gasteiger partial charge < -0.3 is 14.4 Å². The molecule has 0 spiro atoms. The molecule has 2 aromatic rings. The van der Waals surface area contributed by atoms with Crippen molar-refractivity contribution < 1.29 is 14.2 Å². The predicted molar refractivity (Wildman–Crippen MR) is 107 cm³/mol. The van der Waals surface area contributed by atoms with E-state index in [1.54, 1.807) is 18.2 Å². The highest BCUT2D eigenvalue weighted by molar-refractivity contribution is 5.18. The van der Waals surface area contributed by atoms with Gasteiger partial charge in [0.15, 0.2) is 0 Å². The van der Waals surface area contributed by atoms with E-state index in [-0.39, 0.29) is 5.82 Å². The molecule has 27 heavy (non-hydrogen) atoms. The van der Waals surface area contributed by atoms with Gasteiger partial charge in [0.25, 0.3) is 0 Å². The Morgan fingerprint density at radius 1 is 1.26 bits per heavy atom. The first-order valence-electron chi connectivity index (χ1n) is 9.45. The zero-order chi connectivity index (χ0) is 19.6. The standard InChI is InChI=1S/C22H31FN2O2/c1-4-11-27-17-22(26)16-24(13-18(2)3)15-21-9-6-10-25(21)14-19-7-5-8-20(23)12-19/h4-10,12,18,22,26H,1,11,13-17H2,2-3H3. The molecule has 0 saturated heterocycles. The number of halogens is 1. The maximum atomic E-state index is 13.5. The summed E-state index contributed by atoms with van der Waals surface area (Å²) in [6.45, 7) is 11.5. The van der Waals surface area contributed by atoms with Crippen LogP contribution in [0.1, 0.15) is 25.1 Å². The fourth-order valence-electron chi connectivity index (χ4n) is 3.17. The first-order valence-corrected chi connectivity index (χ1v) is 9.45. The lowest BCUT2D eigenvalue weighted by molar-refractivity contribution is 0.0219. The van der Waals surface area contributed by atoms with Gasteiger partial charge in [0.2, 0.25) is 0 Å². The van der Waals surface area contributed by atoms with Crippen LogP contribution >= 0.6 is 0 Å². The van der Waals surface area contributed by atoms with Gasteiger partial charge in [-0.15, -0.1) is 6.58 Å². The van der Waals surface area contributed by atoms with Gasteiger partial charge in [-0.1, -0.05) is 32.1 Å². The molecule has 0 bridgehead atoms. The smallest absolute Gasteiger partial charge is 0.123 e. The molecule has 0 aliphatic carbocycles. The molecule has 0 radical (unpaired) electrons. The number of aromatic nitrogens is 1. The second-order valence-electron chi connectivity index (χ2n) is 7.33. The average molecular weight is 375 g/mol. The minimum absolute atomic E-state index is 0.217. The molecule has 0 amide bonds. The Morgan fingerprint density at radius 3 is 2.78 bits per heavy atom. The van der Waals surface area contributed by atoms with Gasteiger partial charge in [-0.25, -0.2) is 4.39 Å². The highest BCUT2D eigenvalue weighted by atomic mass is 19.1. The summed E-state index contributed by atoms with van der Waals surface area (Å²) < 4.78 is 20.9. The van der Waals surface area contributed by atoms with Crippen LogP contribution in [-0.4, -0.2) is 47.0 Å². The molecule has 2 rings (SSSR count). The summed E-state index contributed by atoms with van der Waals surface area (Å²) in [6, 6.07) is 10.8. The summed E-state index contributed by atoms with van der Waals surface area (Å²) in [5, 5.41) is 10.3. The Labute approximate surface area is 161 Å². The SMILES string of the molecule is C=CCOCC(O)CN(Cc1cccn1Cc1cccc(F)c1)CC(C)C. The highest BCUT2D eigenvalue weighted by Gasteiger charge is 2.15. The van der Waals surface area contributed by atoms with E-state index in [2.05, 4.69) is 36.0 Å². The summed E-state index contributed by atoms with van der Waals surface area (Å²) in [6.07, 6.45) is 3.14. The number of hydrogen-bond acceptors (Lipinski definition) is 3. The van der Waals surface area contributed by atoms with Crippen molar-refractivity contribution in [1.29, 1.82) is 0 Å². The third-order valence-electron chi connectivity index (χ3n) is 4.19. The van der Waals surface area contributed by atoms with Crippen LogP contribution in [0.4, 0.5) is 4.39 Å². The summed E-state index contributed by atoms with van der Waals surface area (Å²) in [4.78, 5) is 2.24. The average Bonchev–Trinajstić information content (AvgIpc) is 3.01. The van der Waals surface area contributed by atoms with Crippen LogP contribution in [0.2, 0.25) is 0 Å². The van der Waals surface area contributed by atoms with Crippen LogP contribution in [0, 0.1) is 11.7 Å². The predicted octanol–water partition coefficient (Wildman–Crippen LogP) is 3.70. The van der Waals surface area contributed by atoms with Crippen LogP contribution in [0.15, 0.2) is 55.3 Å². The molecule has 0 aliphatic rings. The first-order chi connectivity index (χ1) is 13.0. The van der Waals surface area contributed by atoms with E-state index in [4.69, 9.17) is 4.74 Å². The highest BCUT2D eigenvalue weighted by Crippen LogP contribution is 2.13. The van der Waals surface area contributed by atoms with E-state index in [0.717, 1.165) is 24.3 Å². The molecule has 148 valence electrons. The Hall–Kier alpha value is -1.95. The number of rotatable bonds is 12. The maximum Gasteiger partial charge on any atom is 0.123 e. The lowest BCUT2D eigenvalue weighted by Gasteiger charge is -2.27. The number of aliphatic hydroxyl groups excluding tert-OH is 1. The summed E-state index contributed by atoms with van der Waals surface area (Å²) >= 11 is 0. The van der Waals surface area contributed by atoms with Crippen LogP contribution in [0.3, 0.4) is 0 Å². The molecule has 1 heterocycles. The molecule has 1 unspecified atom stereocenters. The molecule has 0 fully saturated rings. The van der Waals surface area contributed by atoms with Crippen molar-refractivity contribution >= 4 is 0 Å². The second kappa shape index (κ2) is 11.0. The van der Waals surface area contributed by atoms with Crippen molar-refractivity contribution in [1.82, 2.24) is 9.47 Å².